The molecule has 2 fully saturated rings. The summed E-state index contributed by atoms with van der Waals surface area (Å²) >= 11 is 6.26. The first-order valence-electron chi connectivity index (χ1n) is 8.94. The number of hydrogen-bond acceptors (Lipinski definition) is 3. The molecule has 1 aromatic heterocycles. The van der Waals surface area contributed by atoms with Crippen LogP contribution in [0.3, 0.4) is 0 Å². The van der Waals surface area contributed by atoms with Crippen LogP contribution in [0.5, 0.6) is 0 Å². The number of rotatable bonds is 2. The number of nitrogens with one attached hydrogen (secondary N) is 1. The molecule has 7 heteroatoms. The zero-order valence-corrected chi connectivity index (χ0v) is 15.4. The summed E-state index contributed by atoms with van der Waals surface area (Å²) in [5.41, 5.74) is -0.170. The first kappa shape index (κ1) is 17.1. The van der Waals surface area contributed by atoms with Crippen LogP contribution in [0.2, 0.25) is 5.02 Å². The van der Waals surface area contributed by atoms with Gasteiger partial charge in [0.05, 0.1) is 0 Å². The molecule has 2 heterocycles. The highest BCUT2D eigenvalue weighted by Crippen LogP contribution is 2.50. The highest BCUT2D eigenvalue weighted by molar-refractivity contribution is 6.31. The number of urea groups is 1. The molecule has 0 atom stereocenters. The van der Waals surface area contributed by atoms with Crippen LogP contribution in [0.1, 0.15) is 24.3 Å². The Bertz CT molecular complexity index is 1140. The van der Waals surface area contributed by atoms with Gasteiger partial charge in [-0.2, -0.15) is 4.39 Å². The van der Waals surface area contributed by atoms with E-state index in [0.717, 1.165) is 10.5 Å². The van der Waals surface area contributed by atoms with Crippen molar-refractivity contribution < 1.29 is 14.0 Å². The minimum Gasteiger partial charge on any atom is -0.323 e. The molecular weight excluding hydrogens is 381 g/mol. The van der Waals surface area contributed by atoms with E-state index in [4.69, 9.17) is 11.6 Å². The molecule has 0 unspecified atom stereocenters. The maximum atomic E-state index is 14.6. The number of carbonyl (C=O) groups is 2. The molecule has 3 amide bonds. The fourth-order valence-corrected chi connectivity index (χ4v) is 4.53. The van der Waals surface area contributed by atoms with Crippen LogP contribution in [-0.4, -0.2) is 22.5 Å². The molecule has 28 heavy (non-hydrogen) atoms. The van der Waals surface area contributed by atoms with E-state index >= 15 is 0 Å². The van der Waals surface area contributed by atoms with Gasteiger partial charge in [-0.15, -0.1) is 0 Å². The highest BCUT2D eigenvalue weighted by atomic mass is 35.5. The Labute approximate surface area is 165 Å². The summed E-state index contributed by atoms with van der Waals surface area (Å²) in [5, 5.41) is 4.54. The van der Waals surface area contributed by atoms with Crippen LogP contribution < -0.4 is 10.2 Å². The number of nitrogens with zero attached hydrogens (tertiary/aromatic N) is 2. The molecule has 1 saturated carbocycles. The van der Waals surface area contributed by atoms with Gasteiger partial charge in [0.1, 0.15) is 11.2 Å². The molecule has 5 nitrogen and oxygen atoms in total. The Morgan fingerprint density at radius 1 is 1.11 bits per heavy atom. The molecule has 1 spiro atoms. The summed E-state index contributed by atoms with van der Waals surface area (Å²) in [7, 11) is 0. The second-order valence-corrected chi connectivity index (χ2v) is 7.67. The lowest BCUT2D eigenvalue weighted by Crippen LogP contribution is -2.56. The smallest absolute Gasteiger partial charge is 0.323 e. The number of imide groups is 1. The van der Waals surface area contributed by atoms with Crippen molar-refractivity contribution >= 4 is 40.0 Å². The predicted octanol–water partition coefficient (Wildman–Crippen LogP) is 4.40. The minimum absolute atomic E-state index is 0.0633. The fraction of sp³-hybridized carbons (Fsp3) is 0.190. The number of anilines is 1. The van der Waals surface area contributed by atoms with Gasteiger partial charge in [-0.05, 0) is 30.4 Å². The van der Waals surface area contributed by atoms with Crippen molar-refractivity contribution in [2.24, 2.45) is 0 Å². The zero-order chi connectivity index (χ0) is 19.5. The van der Waals surface area contributed by atoms with Crippen LogP contribution in [0.4, 0.5) is 14.9 Å². The number of aromatic nitrogens is 1. The fourth-order valence-electron chi connectivity index (χ4n) is 4.24. The van der Waals surface area contributed by atoms with Gasteiger partial charge in [0.25, 0.3) is 5.91 Å². The first-order valence-corrected chi connectivity index (χ1v) is 9.32. The van der Waals surface area contributed by atoms with Crippen LogP contribution in [0.25, 0.3) is 10.8 Å². The standard InChI is InChI=1S/C21H15ClFN3O2/c22-16-8-4-3-6-14(16)13-9-21(10-13)19(27)26(20(28)25-21)17-15-7-2-1-5-12(15)11-24-18(17)23/h1-8,11,13H,9-10H2,(H,25,28). The predicted molar refractivity (Wildman–Crippen MR) is 104 cm³/mol. The lowest BCUT2D eigenvalue weighted by molar-refractivity contribution is -0.125. The Hall–Kier alpha value is -2.99. The Morgan fingerprint density at radius 2 is 1.82 bits per heavy atom. The van der Waals surface area contributed by atoms with Crippen molar-refractivity contribution in [3.63, 3.8) is 0 Å². The third-order valence-electron chi connectivity index (χ3n) is 5.65. The van der Waals surface area contributed by atoms with Crippen LogP contribution >= 0.6 is 11.6 Å². The summed E-state index contributed by atoms with van der Waals surface area (Å²) in [5.74, 6) is -1.23. The molecule has 1 aliphatic heterocycles. The van der Waals surface area contributed by atoms with Crippen molar-refractivity contribution in [3.8, 4) is 0 Å². The number of fused-ring (bicyclic) bond motifs is 1. The summed E-state index contributed by atoms with van der Waals surface area (Å²) in [6, 6.07) is 13.8. The van der Waals surface area contributed by atoms with Gasteiger partial charge in [-0.3, -0.25) is 4.79 Å². The van der Waals surface area contributed by atoms with Crippen molar-refractivity contribution in [2.45, 2.75) is 24.3 Å². The van der Waals surface area contributed by atoms with Gasteiger partial charge in [0, 0.05) is 22.0 Å². The molecule has 140 valence electrons. The summed E-state index contributed by atoms with van der Waals surface area (Å²) < 4.78 is 14.6. The number of hydrogen-bond donors (Lipinski definition) is 1. The molecule has 1 saturated heterocycles. The summed E-state index contributed by atoms with van der Waals surface area (Å²) in [6.45, 7) is 0. The number of amides is 3. The number of pyridine rings is 1. The Kier molecular flexibility index (Phi) is 3.67. The van der Waals surface area contributed by atoms with Gasteiger partial charge in [0.15, 0.2) is 0 Å². The lowest BCUT2D eigenvalue weighted by Gasteiger charge is -2.43. The molecule has 0 radical (unpaired) electrons. The van der Waals surface area contributed by atoms with E-state index in [0.29, 0.717) is 28.6 Å². The largest absolute Gasteiger partial charge is 0.329 e. The molecule has 3 aromatic rings. The average molecular weight is 396 g/mol. The topological polar surface area (TPSA) is 62.3 Å². The quantitative estimate of drug-likeness (QED) is 0.516. The van der Waals surface area contributed by atoms with E-state index in [1.54, 1.807) is 30.3 Å². The van der Waals surface area contributed by atoms with E-state index < -0.39 is 23.4 Å². The molecule has 0 bridgehead atoms. The molecular formula is C21H15ClFN3O2. The van der Waals surface area contributed by atoms with Gasteiger partial charge in [0.2, 0.25) is 5.95 Å². The van der Waals surface area contributed by atoms with Crippen LogP contribution in [0, 0.1) is 5.95 Å². The van der Waals surface area contributed by atoms with Crippen molar-refractivity contribution in [3.05, 3.63) is 71.3 Å². The van der Waals surface area contributed by atoms with Gasteiger partial charge < -0.3 is 5.32 Å². The average Bonchev–Trinajstić information content (AvgIpc) is 2.92. The van der Waals surface area contributed by atoms with Gasteiger partial charge >= 0.3 is 6.03 Å². The van der Waals surface area contributed by atoms with E-state index in [-0.39, 0.29) is 11.6 Å². The van der Waals surface area contributed by atoms with E-state index in [2.05, 4.69) is 10.3 Å². The normalized spacial score (nSPS) is 23.9. The van der Waals surface area contributed by atoms with Gasteiger partial charge in [-0.1, -0.05) is 54.1 Å². The van der Waals surface area contributed by atoms with Crippen molar-refractivity contribution in [1.29, 1.82) is 0 Å². The van der Waals surface area contributed by atoms with E-state index in [1.807, 2.05) is 18.2 Å². The maximum Gasteiger partial charge on any atom is 0.329 e. The number of benzene rings is 2. The molecule has 1 N–H and O–H groups in total. The second-order valence-electron chi connectivity index (χ2n) is 7.26. The van der Waals surface area contributed by atoms with Gasteiger partial charge in [-0.25, -0.2) is 14.7 Å². The third-order valence-corrected chi connectivity index (χ3v) is 5.99. The third kappa shape index (κ3) is 2.34. The highest BCUT2D eigenvalue weighted by Gasteiger charge is 2.60. The SMILES string of the molecule is O=C1NC2(CC(c3ccccc3Cl)C2)C(=O)N1c1c(F)ncc2ccccc12. The first-order chi connectivity index (χ1) is 13.5. The lowest BCUT2D eigenvalue weighted by atomic mass is 9.65. The molecule has 2 aliphatic rings. The Morgan fingerprint density at radius 3 is 2.61 bits per heavy atom. The second kappa shape index (κ2) is 6.01. The van der Waals surface area contributed by atoms with Crippen molar-refractivity contribution in [2.75, 3.05) is 4.90 Å². The summed E-state index contributed by atoms with van der Waals surface area (Å²) in [4.78, 5) is 30.5. The molecule has 5 rings (SSSR count). The van der Waals surface area contributed by atoms with E-state index in [9.17, 15) is 14.0 Å². The summed E-state index contributed by atoms with van der Waals surface area (Å²) in [6.07, 6.45) is 2.24. The van der Waals surface area contributed by atoms with Crippen molar-refractivity contribution in [1.82, 2.24) is 10.3 Å². The number of carbonyl (C=O) groups excluding carboxylic acids is 2. The molecule has 2 aromatic carbocycles. The maximum absolute atomic E-state index is 14.6. The number of halogens is 2. The monoisotopic (exact) mass is 395 g/mol. The van der Waals surface area contributed by atoms with Crippen LogP contribution in [0.15, 0.2) is 54.7 Å². The van der Waals surface area contributed by atoms with E-state index in [1.165, 1.54) is 6.20 Å². The van der Waals surface area contributed by atoms with Crippen LogP contribution in [-0.2, 0) is 4.79 Å². The zero-order valence-electron chi connectivity index (χ0n) is 14.7. The molecule has 1 aliphatic carbocycles. The minimum atomic E-state index is -1.02. The Balaban J connectivity index is 1.51.